The topological polar surface area (TPSA) is 103 Å². The van der Waals surface area contributed by atoms with Crippen LogP contribution >= 0.6 is 11.3 Å². The molecule has 216 valence electrons. The summed E-state index contributed by atoms with van der Waals surface area (Å²) in [5, 5.41) is 6.29. The number of halogens is 6. The van der Waals surface area contributed by atoms with Gasteiger partial charge in [-0.2, -0.15) is 31.4 Å². The number of carbonyl (C=O) groups excluding carboxylic acids is 2. The lowest BCUT2D eigenvalue weighted by molar-refractivity contribution is -0.142. The van der Waals surface area contributed by atoms with Crippen molar-refractivity contribution in [2.24, 2.45) is 5.73 Å². The minimum atomic E-state index is -4.80. The minimum absolute atomic E-state index is 0.0497. The number of carbonyl (C=O) groups is 2. The van der Waals surface area contributed by atoms with Gasteiger partial charge in [0.15, 0.2) is 5.69 Å². The van der Waals surface area contributed by atoms with Crippen molar-refractivity contribution in [3.63, 3.8) is 0 Å². The van der Waals surface area contributed by atoms with Crippen LogP contribution < -0.4 is 11.1 Å². The third-order valence-electron chi connectivity index (χ3n) is 6.87. The monoisotopic (exact) mass is 595 g/mol. The van der Waals surface area contributed by atoms with Gasteiger partial charge in [0.2, 0.25) is 5.91 Å². The first kappa shape index (κ1) is 28.6. The SMILES string of the molecule is Cc1ccc(-c2cc(C(F)(F)F)nc3sc(C(N)=O)c(NC(=O)Cn4nc(C(F)(F)F)c5c4CCCCC5)c23)cc1. The standard InChI is InChI=1S/C27H23F6N5O2S/c1-13-7-9-14(10-8-13)16-11-18(26(28,29)30)35-25-20(16)21(22(41-25)24(34)40)36-19(39)12-38-17-6-4-2-3-5-15(17)23(37-38)27(31,32)33/h7-11H,2-6,12H2,1H3,(H2,34,40)(H,36,39). The molecule has 5 rings (SSSR count). The van der Waals surface area contributed by atoms with Crippen LogP contribution in [0.1, 0.15) is 57.1 Å². The van der Waals surface area contributed by atoms with Gasteiger partial charge in [-0.1, -0.05) is 36.2 Å². The molecule has 0 bridgehead atoms. The molecule has 0 aliphatic heterocycles. The van der Waals surface area contributed by atoms with Crippen molar-refractivity contribution in [2.75, 3.05) is 5.32 Å². The van der Waals surface area contributed by atoms with Crippen LogP contribution in [-0.2, 0) is 36.5 Å². The molecule has 41 heavy (non-hydrogen) atoms. The number of aryl methyl sites for hydroxylation is 1. The maximum absolute atomic E-state index is 13.7. The van der Waals surface area contributed by atoms with Gasteiger partial charge >= 0.3 is 12.4 Å². The number of nitrogens with two attached hydrogens (primary N) is 1. The smallest absolute Gasteiger partial charge is 0.365 e. The van der Waals surface area contributed by atoms with Crippen LogP contribution in [0, 0.1) is 6.92 Å². The summed E-state index contributed by atoms with van der Waals surface area (Å²) in [6.45, 7) is 1.19. The van der Waals surface area contributed by atoms with E-state index in [-0.39, 0.29) is 38.3 Å². The molecule has 2 amide bonds. The Labute approximate surface area is 233 Å². The zero-order valence-electron chi connectivity index (χ0n) is 21.5. The summed E-state index contributed by atoms with van der Waals surface area (Å²) in [6, 6.07) is 7.39. The fraction of sp³-hybridized carbons (Fsp3) is 0.333. The van der Waals surface area contributed by atoms with Crippen molar-refractivity contribution < 1.29 is 35.9 Å². The van der Waals surface area contributed by atoms with Gasteiger partial charge in [0.1, 0.15) is 21.9 Å². The molecule has 0 unspecified atom stereocenters. The van der Waals surface area contributed by atoms with Crippen LogP contribution in [0.15, 0.2) is 30.3 Å². The molecule has 0 spiro atoms. The molecule has 1 aliphatic carbocycles. The van der Waals surface area contributed by atoms with Crippen LogP contribution in [0.2, 0.25) is 0 Å². The molecule has 0 saturated carbocycles. The van der Waals surface area contributed by atoms with Gasteiger partial charge in [-0.15, -0.1) is 11.3 Å². The number of benzene rings is 1. The molecule has 0 radical (unpaired) electrons. The van der Waals surface area contributed by atoms with Crippen molar-refractivity contribution in [1.29, 1.82) is 0 Å². The summed E-state index contributed by atoms with van der Waals surface area (Å²) in [5.74, 6) is -1.84. The summed E-state index contributed by atoms with van der Waals surface area (Å²) >= 11 is 0.584. The van der Waals surface area contributed by atoms with Gasteiger partial charge in [0.05, 0.1) is 5.69 Å². The number of rotatable bonds is 5. The third kappa shape index (κ3) is 5.65. The summed E-state index contributed by atoms with van der Waals surface area (Å²) in [6.07, 6.45) is -7.10. The highest BCUT2D eigenvalue weighted by Crippen LogP contribution is 2.44. The molecular weight excluding hydrogens is 572 g/mol. The predicted molar refractivity (Wildman–Crippen MR) is 140 cm³/mol. The number of alkyl halides is 6. The van der Waals surface area contributed by atoms with Crippen LogP contribution in [0.5, 0.6) is 0 Å². The maximum atomic E-state index is 13.7. The molecule has 7 nitrogen and oxygen atoms in total. The van der Waals surface area contributed by atoms with E-state index in [9.17, 15) is 35.9 Å². The van der Waals surface area contributed by atoms with E-state index in [1.165, 1.54) is 0 Å². The zero-order chi connectivity index (χ0) is 29.7. The molecule has 1 aliphatic rings. The molecule has 0 saturated heterocycles. The maximum Gasteiger partial charge on any atom is 0.435 e. The Kier molecular flexibility index (Phi) is 7.30. The fourth-order valence-electron chi connectivity index (χ4n) is 5.02. The summed E-state index contributed by atoms with van der Waals surface area (Å²) < 4.78 is 83.4. The highest BCUT2D eigenvalue weighted by atomic mass is 32.1. The van der Waals surface area contributed by atoms with E-state index in [4.69, 9.17) is 5.73 Å². The molecule has 1 aromatic carbocycles. The fourth-order valence-corrected chi connectivity index (χ4v) is 6.03. The van der Waals surface area contributed by atoms with Crippen LogP contribution in [0.4, 0.5) is 32.0 Å². The summed E-state index contributed by atoms with van der Waals surface area (Å²) in [5.41, 5.74) is 4.77. The van der Waals surface area contributed by atoms with Crippen molar-refractivity contribution in [2.45, 2.75) is 57.9 Å². The number of hydrogen-bond donors (Lipinski definition) is 2. The Morgan fingerprint density at radius 1 is 1.02 bits per heavy atom. The minimum Gasteiger partial charge on any atom is -0.365 e. The molecule has 3 N–H and O–H groups in total. The second-order valence-electron chi connectivity index (χ2n) is 9.81. The average Bonchev–Trinajstić information content (AvgIpc) is 3.31. The molecule has 0 fully saturated rings. The van der Waals surface area contributed by atoms with Crippen LogP contribution in [-0.4, -0.2) is 26.6 Å². The number of nitrogens with one attached hydrogen (secondary N) is 1. The number of thiophene rings is 1. The van der Waals surface area contributed by atoms with Crippen molar-refractivity contribution in [1.82, 2.24) is 14.8 Å². The third-order valence-corrected chi connectivity index (χ3v) is 7.97. The molecule has 4 aromatic rings. The van der Waals surface area contributed by atoms with E-state index in [1.54, 1.807) is 31.2 Å². The van der Waals surface area contributed by atoms with E-state index >= 15 is 0 Å². The highest BCUT2D eigenvalue weighted by Gasteiger charge is 2.39. The van der Waals surface area contributed by atoms with Gasteiger partial charge < -0.3 is 11.1 Å². The first-order valence-corrected chi connectivity index (χ1v) is 13.4. The molecular formula is C27H23F6N5O2S. The van der Waals surface area contributed by atoms with Crippen LogP contribution in [0.3, 0.4) is 0 Å². The van der Waals surface area contributed by atoms with E-state index in [1.807, 2.05) is 0 Å². The summed E-state index contributed by atoms with van der Waals surface area (Å²) in [4.78, 5) is 28.8. The average molecular weight is 596 g/mol. The second-order valence-corrected chi connectivity index (χ2v) is 10.8. The van der Waals surface area contributed by atoms with Gasteiger partial charge in [-0.25, -0.2) is 4.98 Å². The van der Waals surface area contributed by atoms with E-state index in [0.717, 1.165) is 22.7 Å². The predicted octanol–water partition coefficient (Wildman–Crippen LogP) is 6.51. The van der Waals surface area contributed by atoms with E-state index < -0.39 is 42.1 Å². The number of fused-ring (bicyclic) bond motifs is 2. The lowest BCUT2D eigenvalue weighted by Crippen LogP contribution is -2.23. The van der Waals surface area contributed by atoms with Gasteiger partial charge in [-0.05, 0) is 49.8 Å². The van der Waals surface area contributed by atoms with Crippen molar-refractivity contribution in [3.05, 3.63) is 63.4 Å². The molecule has 3 aromatic heterocycles. The quantitative estimate of drug-likeness (QED) is 0.203. The Bertz CT molecular complexity index is 1650. The largest absolute Gasteiger partial charge is 0.435 e. The molecule has 3 heterocycles. The zero-order valence-corrected chi connectivity index (χ0v) is 22.4. The van der Waals surface area contributed by atoms with Gasteiger partial charge in [0, 0.05) is 16.6 Å². The number of anilines is 1. The van der Waals surface area contributed by atoms with E-state index in [2.05, 4.69) is 15.4 Å². The molecule has 14 heteroatoms. The highest BCUT2D eigenvalue weighted by molar-refractivity contribution is 7.21. The van der Waals surface area contributed by atoms with Gasteiger partial charge in [-0.3, -0.25) is 14.3 Å². The number of primary amides is 1. The number of hydrogen-bond acceptors (Lipinski definition) is 5. The summed E-state index contributed by atoms with van der Waals surface area (Å²) in [7, 11) is 0. The Morgan fingerprint density at radius 3 is 2.34 bits per heavy atom. The van der Waals surface area contributed by atoms with Crippen molar-refractivity contribution in [3.8, 4) is 11.1 Å². The number of amides is 2. The number of aromatic nitrogens is 3. The normalized spacial score (nSPS) is 14.1. The second kappa shape index (κ2) is 10.5. The Morgan fingerprint density at radius 2 is 1.71 bits per heavy atom. The van der Waals surface area contributed by atoms with Gasteiger partial charge in [0.25, 0.3) is 5.91 Å². The first-order chi connectivity index (χ1) is 19.2. The lowest BCUT2D eigenvalue weighted by Gasteiger charge is -2.13. The van der Waals surface area contributed by atoms with E-state index in [0.29, 0.717) is 41.9 Å². The number of nitrogens with zero attached hydrogens (tertiary/aromatic N) is 3. The molecule has 0 atom stereocenters. The number of pyridine rings is 1. The van der Waals surface area contributed by atoms with Crippen LogP contribution in [0.25, 0.3) is 21.3 Å². The van der Waals surface area contributed by atoms with Crippen molar-refractivity contribution >= 4 is 39.1 Å². The first-order valence-electron chi connectivity index (χ1n) is 12.6. The Hall–Kier alpha value is -3.94. The lowest BCUT2D eigenvalue weighted by atomic mass is 10.00. The Balaban J connectivity index is 1.61.